The average Bonchev–Trinajstić information content (AvgIpc) is 2.75. The van der Waals surface area contributed by atoms with Gasteiger partial charge in [-0.15, -0.1) is 0 Å². The number of carbonyl (C=O) groups excluding carboxylic acids is 2. The van der Waals surface area contributed by atoms with Crippen LogP contribution in [0.15, 0.2) is 0 Å². The van der Waals surface area contributed by atoms with Crippen LogP contribution in [0.25, 0.3) is 0 Å². The van der Waals surface area contributed by atoms with Crippen LogP contribution in [-0.2, 0) is 4.79 Å². The molecular weight excluding hydrogens is 192 g/mol. The summed E-state index contributed by atoms with van der Waals surface area (Å²) < 4.78 is 0. The van der Waals surface area contributed by atoms with Gasteiger partial charge in [-0.05, 0) is 25.7 Å². The van der Waals surface area contributed by atoms with Crippen molar-refractivity contribution in [2.45, 2.75) is 38.6 Å². The van der Waals surface area contributed by atoms with Gasteiger partial charge in [0.2, 0.25) is 0 Å². The lowest BCUT2D eigenvalue weighted by Crippen LogP contribution is -2.33. The van der Waals surface area contributed by atoms with Crippen LogP contribution in [-0.4, -0.2) is 35.8 Å². The van der Waals surface area contributed by atoms with Crippen molar-refractivity contribution < 1.29 is 9.59 Å². The van der Waals surface area contributed by atoms with E-state index in [-0.39, 0.29) is 24.4 Å². The number of hydrogen-bond acceptors (Lipinski definition) is 2. The zero-order chi connectivity index (χ0) is 10.8. The molecule has 0 bridgehead atoms. The first-order valence-electron chi connectivity index (χ1n) is 5.71. The van der Waals surface area contributed by atoms with E-state index in [9.17, 15) is 9.59 Å². The average molecular weight is 210 g/mol. The third-order valence-corrected chi connectivity index (χ3v) is 3.40. The molecule has 84 valence electrons. The number of hydrogen-bond donors (Lipinski definition) is 1. The molecule has 0 aromatic rings. The zero-order valence-corrected chi connectivity index (χ0v) is 9.16. The Morgan fingerprint density at radius 1 is 1.47 bits per heavy atom. The Hall–Kier alpha value is -1.06. The smallest absolute Gasteiger partial charge is 0.318 e. The van der Waals surface area contributed by atoms with Crippen LogP contribution in [0.5, 0.6) is 0 Å². The summed E-state index contributed by atoms with van der Waals surface area (Å²) >= 11 is 0. The maximum Gasteiger partial charge on any atom is 0.318 e. The van der Waals surface area contributed by atoms with Crippen molar-refractivity contribution in [2.24, 2.45) is 5.92 Å². The molecule has 2 aliphatic rings. The molecule has 1 saturated heterocycles. The highest BCUT2D eigenvalue weighted by atomic mass is 16.2. The van der Waals surface area contributed by atoms with Crippen molar-refractivity contribution in [3.8, 4) is 0 Å². The van der Waals surface area contributed by atoms with E-state index >= 15 is 0 Å². The van der Waals surface area contributed by atoms with E-state index in [4.69, 9.17) is 0 Å². The van der Waals surface area contributed by atoms with Crippen LogP contribution in [0, 0.1) is 5.92 Å². The number of Topliss-reactive ketones (excluding diaryl/α,β-unsaturated/α-hetero) is 1. The minimum absolute atomic E-state index is 0.0530. The normalized spacial score (nSPS) is 27.1. The van der Waals surface area contributed by atoms with Gasteiger partial charge in [-0.25, -0.2) is 4.79 Å². The molecule has 1 heterocycles. The molecule has 4 heteroatoms. The maximum atomic E-state index is 11.5. The van der Waals surface area contributed by atoms with Crippen molar-refractivity contribution in [2.75, 3.05) is 13.1 Å². The van der Waals surface area contributed by atoms with E-state index in [1.54, 1.807) is 4.90 Å². The second-order valence-electron chi connectivity index (χ2n) is 4.68. The molecule has 2 amide bonds. The van der Waals surface area contributed by atoms with Gasteiger partial charge in [-0.2, -0.15) is 0 Å². The summed E-state index contributed by atoms with van der Waals surface area (Å²) in [6, 6.07) is 0.210. The molecule has 15 heavy (non-hydrogen) atoms. The maximum absolute atomic E-state index is 11.5. The van der Waals surface area contributed by atoms with Crippen LogP contribution in [0.2, 0.25) is 0 Å². The molecule has 4 nitrogen and oxygen atoms in total. The first kappa shape index (κ1) is 10.5. The number of urea groups is 1. The molecule has 0 aromatic carbocycles. The molecule has 1 atom stereocenters. The minimum atomic E-state index is -0.0675. The van der Waals surface area contributed by atoms with E-state index in [2.05, 4.69) is 5.32 Å². The Bertz CT molecular complexity index is 272. The Morgan fingerprint density at radius 3 is 2.73 bits per heavy atom. The van der Waals surface area contributed by atoms with Crippen LogP contribution in [0.1, 0.15) is 32.6 Å². The first-order chi connectivity index (χ1) is 7.16. The molecule has 1 saturated carbocycles. The molecule has 0 spiro atoms. The highest BCUT2D eigenvalue weighted by molar-refractivity contribution is 5.85. The van der Waals surface area contributed by atoms with Crippen LogP contribution >= 0.6 is 0 Å². The summed E-state index contributed by atoms with van der Waals surface area (Å²) in [6.45, 7) is 2.49. The highest BCUT2D eigenvalue weighted by Gasteiger charge is 2.35. The van der Waals surface area contributed by atoms with Crippen molar-refractivity contribution in [1.29, 1.82) is 0 Å². The summed E-state index contributed by atoms with van der Waals surface area (Å²) in [5.74, 6) is 0.683. The molecule has 1 aliphatic heterocycles. The fourth-order valence-corrected chi connectivity index (χ4v) is 2.65. The van der Waals surface area contributed by atoms with Crippen LogP contribution in [0.4, 0.5) is 4.79 Å². The lowest BCUT2D eigenvalue weighted by molar-refractivity contribution is -0.117. The molecule has 1 aliphatic carbocycles. The van der Waals surface area contributed by atoms with Gasteiger partial charge in [0.25, 0.3) is 0 Å². The van der Waals surface area contributed by atoms with E-state index in [0.717, 1.165) is 0 Å². The monoisotopic (exact) mass is 210 g/mol. The van der Waals surface area contributed by atoms with E-state index < -0.39 is 0 Å². The SMILES string of the molecule is CC(=O)CN1CC(C2CCCC2)NC1=O. The summed E-state index contributed by atoms with van der Waals surface area (Å²) in [5, 5.41) is 2.99. The Kier molecular flexibility index (Phi) is 2.93. The van der Waals surface area contributed by atoms with Gasteiger partial charge in [0.05, 0.1) is 12.6 Å². The topological polar surface area (TPSA) is 49.4 Å². The van der Waals surface area contributed by atoms with Gasteiger partial charge in [-0.3, -0.25) is 4.79 Å². The molecular formula is C11H18N2O2. The van der Waals surface area contributed by atoms with Gasteiger partial charge in [0, 0.05) is 6.54 Å². The molecule has 2 fully saturated rings. The number of ketones is 1. The molecule has 1 unspecified atom stereocenters. The molecule has 0 aromatic heterocycles. The van der Waals surface area contributed by atoms with Gasteiger partial charge in [0.1, 0.15) is 5.78 Å². The lowest BCUT2D eigenvalue weighted by atomic mass is 9.99. The van der Waals surface area contributed by atoms with Crippen molar-refractivity contribution in [3.63, 3.8) is 0 Å². The summed E-state index contributed by atoms with van der Waals surface area (Å²) in [6.07, 6.45) is 5.01. The zero-order valence-electron chi connectivity index (χ0n) is 9.16. The Morgan fingerprint density at radius 2 is 2.13 bits per heavy atom. The quantitative estimate of drug-likeness (QED) is 0.760. The third-order valence-electron chi connectivity index (χ3n) is 3.40. The highest BCUT2D eigenvalue weighted by Crippen LogP contribution is 2.29. The largest absolute Gasteiger partial charge is 0.333 e. The summed E-state index contributed by atoms with van der Waals surface area (Å²) in [5.41, 5.74) is 0. The number of carbonyl (C=O) groups is 2. The first-order valence-corrected chi connectivity index (χ1v) is 5.71. The van der Waals surface area contributed by atoms with Crippen LogP contribution in [0.3, 0.4) is 0 Å². The van der Waals surface area contributed by atoms with Gasteiger partial charge in [0.15, 0.2) is 0 Å². The summed E-state index contributed by atoms with van der Waals surface area (Å²) in [7, 11) is 0. The minimum Gasteiger partial charge on any atom is -0.333 e. The predicted molar refractivity (Wildman–Crippen MR) is 56.5 cm³/mol. The number of nitrogens with one attached hydrogen (secondary N) is 1. The Balaban J connectivity index is 1.90. The van der Waals surface area contributed by atoms with Gasteiger partial charge < -0.3 is 10.2 Å². The van der Waals surface area contributed by atoms with E-state index in [1.807, 2.05) is 0 Å². The number of rotatable bonds is 3. The standard InChI is InChI=1S/C11H18N2O2/c1-8(14)6-13-7-10(12-11(13)15)9-4-2-3-5-9/h9-10H,2-7H2,1H3,(H,12,15). The van der Waals surface area contributed by atoms with Crippen LogP contribution < -0.4 is 5.32 Å². The van der Waals surface area contributed by atoms with E-state index in [1.165, 1.54) is 32.6 Å². The molecule has 2 rings (SSSR count). The van der Waals surface area contributed by atoms with E-state index in [0.29, 0.717) is 12.5 Å². The number of nitrogens with zero attached hydrogens (tertiary/aromatic N) is 1. The second kappa shape index (κ2) is 4.21. The van der Waals surface area contributed by atoms with Gasteiger partial charge in [-0.1, -0.05) is 12.8 Å². The van der Waals surface area contributed by atoms with Crippen molar-refractivity contribution in [3.05, 3.63) is 0 Å². The Labute approximate surface area is 90.0 Å². The van der Waals surface area contributed by atoms with Crippen molar-refractivity contribution in [1.82, 2.24) is 10.2 Å². The fourth-order valence-electron chi connectivity index (χ4n) is 2.65. The second-order valence-corrected chi connectivity index (χ2v) is 4.68. The third kappa shape index (κ3) is 2.30. The summed E-state index contributed by atoms with van der Waals surface area (Å²) in [4.78, 5) is 24.1. The predicted octanol–water partition coefficient (Wildman–Crippen LogP) is 1.16. The van der Waals surface area contributed by atoms with Crippen molar-refractivity contribution >= 4 is 11.8 Å². The lowest BCUT2D eigenvalue weighted by Gasteiger charge is -2.17. The van der Waals surface area contributed by atoms with Gasteiger partial charge >= 0.3 is 6.03 Å². The fraction of sp³-hybridized carbons (Fsp3) is 0.818. The number of amides is 2. The molecule has 0 radical (unpaired) electrons. The molecule has 1 N–H and O–H groups in total.